The van der Waals surface area contributed by atoms with Gasteiger partial charge in [0.2, 0.25) is 5.88 Å². The van der Waals surface area contributed by atoms with Gasteiger partial charge >= 0.3 is 0 Å². The van der Waals surface area contributed by atoms with E-state index in [2.05, 4.69) is 36.8 Å². The number of benzene rings is 1. The summed E-state index contributed by atoms with van der Waals surface area (Å²) >= 11 is 6.46. The quantitative estimate of drug-likeness (QED) is 0.745. The maximum Gasteiger partial charge on any atom is 0.220 e. The van der Waals surface area contributed by atoms with E-state index < -0.39 is 0 Å². The molecule has 0 aliphatic carbocycles. The molecule has 1 heterocycles. The summed E-state index contributed by atoms with van der Waals surface area (Å²) in [6.07, 6.45) is 0. The fourth-order valence-electron chi connectivity index (χ4n) is 1.12. The number of nitrogens with zero attached hydrogens (tertiary/aromatic N) is 1. The van der Waals surface area contributed by atoms with Gasteiger partial charge in [-0.15, -0.1) is 0 Å². The molecule has 0 unspecified atom stereocenters. The predicted molar refractivity (Wildman–Crippen MR) is 66.1 cm³/mol. The standard InChI is InChI=1S/C11H6Br2FNO/c12-8-6-7(14)4-5-9(8)16-11-3-1-2-10(13)15-11/h1-6H. The Morgan fingerprint density at radius 1 is 1.12 bits per heavy atom. The molecular weight excluding hydrogens is 341 g/mol. The number of hydrogen-bond donors (Lipinski definition) is 0. The Labute approximate surface area is 109 Å². The van der Waals surface area contributed by atoms with Crippen molar-refractivity contribution in [2.45, 2.75) is 0 Å². The first-order chi connectivity index (χ1) is 7.65. The monoisotopic (exact) mass is 345 g/mol. The van der Waals surface area contributed by atoms with E-state index in [0.29, 0.717) is 20.7 Å². The highest BCUT2D eigenvalue weighted by atomic mass is 79.9. The van der Waals surface area contributed by atoms with Crippen LogP contribution >= 0.6 is 31.9 Å². The zero-order chi connectivity index (χ0) is 11.5. The second kappa shape index (κ2) is 4.93. The molecule has 0 spiro atoms. The fraction of sp³-hybridized carbons (Fsp3) is 0. The van der Waals surface area contributed by atoms with E-state index in [0.717, 1.165) is 0 Å². The predicted octanol–water partition coefficient (Wildman–Crippen LogP) is 4.54. The lowest BCUT2D eigenvalue weighted by molar-refractivity contribution is 0.457. The molecule has 0 bridgehead atoms. The molecule has 2 rings (SSSR count). The Hall–Kier alpha value is -0.940. The lowest BCUT2D eigenvalue weighted by Gasteiger charge is -2.06. The second-order valence-corrected chi connectivity index (χ2v) is 4.64. The summed E-state index contributed by atoms with van der Waals surface area (Å²) < 4.78 is 19.6. The Balaban J connectivity index is 2.27. The molecule has 2 nitrogen and oxygen atoms in total. The van der Waals surface area contributed by atoms with Crippen molar-refractivity contribution in [1.29, 1.82) is 0 Å². The van der Waals surface area contributed by atoms with Crippen LogP contribution in [-0.4, -0.2) is 4.98 Å². The van der Waals surface area contributed by atoms with Crippen LogP contribution in [0.2, 0.25) is 0 Å². The summed E-state index contributed by atoms with van der Waals surface area (Å²) in [7, 11) is 0. The molecule has 82 valence electrons. The van der Waals surface area contributed by atoms with Gasteiger partial charge in [0.25, 0.3) is 0 Å². The summed E-state index contributed by atoms with van der Waals surface area (Å²) in [4.78, 5) is 4.11. The third-order valence-corrected chi connectivity index (χ3v) is 2.86. The number of ether oxygens (including phenoxy) is 1. The summed E-state index contributed by atoms with van der Waals surface area (Å²) in [5.41, 5.74) is 0. The molecule has 0 fully saturated rings. The van der Waals surface area contributed by atoms with Crippen LogP contribution < -0.4 is 4.74 Å². The minimum atomic E-state index is -0.318. The molecule has 0 atom stereocenters. The number of aromatic nitrogens is 1. The first-order valence-electron chi connectivity index (χ1n) is 4.40. The normalized spacial score (nSPS) is 10.2. The molecule has 0 N–H and O–H groups in total. The zero-order valence-corrected chi connectivity index (χ0v) is 11.1. The van der Waals surface area contributed by atoms with Crippen LogP contribution in [0.4, 0.5) is 4.39 Å². The number of halogens is 3. The van der Waals surface area contributed by atoms with Crippen LogP contribution in [0, 0.1) is 5.82 Å². The average molecular weight is 347 g/mol. The minimum absolute atomic E-state index is 0.318. The van der Waals surface area contributed by atoms with Gasteiger partial charge < -0.3 is 4.74 Å². The van der Waals surface area contributed by atoms with Crippen molar-refractivity contribution in [3.8, 4) is 11.6 Å². The van der Waals surface area contributed by atoms with Crippen molar-refractivity contribution in [3.05, 3.63) is 51.3 Å². The van der Waals surface area contributed by atoms with Gasteiger partial charge in [-0.3, -0.25) is 0 Å². The summed E-state index contributed by atoms with van der Waals surface area (Å²) in [5.74, 6) is 0.648. The maximum atomic E-state index is 12.8. The van der Waals surface area contributed by atoms with E-state index in [1.807, 2.05) is 6.07 Å². The van der Waals surface area contributed by atoms with Gasteiger partial charge in [-0.2, -0.15) is 0 Å². The molecule has 1 aromatic heterocycles. The van der Waals surface area contributed by atoms with Gasteiger partial charge in [-0.05, 0) is 56.1 Å². The molecule has 1 aromatic carbocycles. The summed E-state index contributed by atoms with van der Waals surface area (Å²) in [6, 6.07) is 9.55. The molecule has 0 aliphatic rings. The topological polar surface area (TPSA) is 22.1 Å². The van der Waals surface area contributed by atoms with E-state index in [-0.39, 0.29) is 5.82 Å². The van der Waals surface area contributed by atoms with Crippen molar-refractivity contribution in [3.63, 3.8) is 0 Å². The van der Waals surface area contributed by atoms with Crippen LogP contribution in [0.25, 0.3) is 0 Å². The van der Waals surface area contributed by atoms with E-state index in [9.17, 15) is 4.39 Å². The van der Waals surface area contributed by atoms with Crippen molar-refractivity contribution in [2.75, 3.05) is 0 Å². The van der Waals surface area contributed by atoms with E-state index >= 15 is 0 Å². The van der Waals surface area contributed by atoms with E-state index in [4.69, 9.17) is 4.74 Å². The highest BCUT2D eigenvalue weighted by molar-refractivity contribution is 9.10. The smallest absolute Gasteiger partial charge is 0.220 e. The van der Waals surface area contributed by atoms with Gasteiger partial charge in [0.05, 0.1) is 4.47 Å². The van der Waals surface area contributed by atoms with Crippen LogP contribution in [-0.2, 0) is 0 Å². The zero-order valence-electron chi connectivity index (χ0n) is 7.95. The molecule has 5 heteroatoms. The van der Waals surface area contributed by atoms with Crippen molar-refractivity contribution in [1.82, 2.24) is 4.98 Å². The lowest BCUT2D eigenvalue weighted by Crippen LogP contribution is -1.89. The Morgan fingerprint density at radius 2 is 1.94 bits per heavy atom. The molecule has 0 amide bonds. The third kappa shape index (κ3) is 2.80. The molecular formula is C11H6Br2FNO. The van der Waals surface area contributed by atoms with Gasteiger partial charge in [0.1, 0.15) is 16.2 Å². The molecule has 0 saturated carbocycles. The second-order valence-electron chi connectivity index (χ2n) is 2.98. The molecule has 0 saturated heterocycles. The fourth-order valence-corrected chi connectivity index (χ4v) is 1.88. The summed E-state index contributed by atoms with van der Waals surface area (Å²) in [5, 5.41) is 0. The SMILES string of the molecule is Fc1ccc(Oc2cccc(Br)n2)c(Br)c1. The Kier molecular flexibility index (Phi) is 3.56. The van der Waals surface area contributed by atoms with E-state index in [1.54, 1.807) is 18.2 Å². The third-order valence-electron chi connectivity index (χ3n) is 1.80. The van der Waals surface area contributed by atoms with Crippen LogP contribution in [0.1, 0.15) is 0 Å². The van der Waals surface area contributed by atoms with Crippen molar-refractivity contribution < 1.29 is 9.13 Å². The molecule has 0 radical (unpaired) electrons. The number of rotatable bonds is 2. The number of hydrogen-bond acceptors (Lipinski definition) is 2. The van der Waals surface area contributed by atoms with Crippen LogP contribution in [0.15, 0.2) is 45.5 Å². The maximum absolute atomic E-state index is 12.8. The Morgan fingerprint density at radius 3 is 2.62 bits per heavy atom. The minimum Gasteiger partial charge on any atom is -0.438 e. The highest BCUT2D eigenvalue weighted by Gasteiger charge is 2.05. The van der Waals surface area contributed by atoms with E-state index in [1.165, 1.54) is 12.1 Å². The van der Waals surface area contributed by atoms with Crippen LogP contribution in [0.3, 0.4) is 0 Å². The molecule has 2 aromatic rings. The van der Waals surface area contributed by atoms with Gasteiger partial charge in [-0.25, -0.2) is 9.37 Å². The number of pyridine rings is 1. The first kappa shape index (κ1) is 11.5. The first-order valence-corrected chi connectivity index (χ1v) is 5.99. The molecule has 16 heavy (non-hydrogen) atoms. The Bertz CT molecular complexity index is 519. The van der Waals surface area contributed by atoms with Gasteiger partial charge in [0, 0.05) is 6.07 Å². The van der Waals surface area contributed by atoms with Crippen molar-refractivity contribution >= 4 is 31.9 Å². The average Bonchev–Trinajstić information content (AvgIpc) is 2.22. The summed E-state index contributed by atoms with van der Waals surface area (Å²) in [6.45, 7) is 0. The van der Waals surface area contributed by atoms with Gasteiger partial charge in [0.15, 0.2) is 0 Å². The van der Waals surface area contributed by atoms with Gasteiger partial charge in [-0.1, -0.05) is 6.07 Å². The highest BCUT2D eigenvalue weighted by Crippen LogP contribution is 2.29. The molecule has 0 aliphatic heterocycles. The van der Waals surface area contributed by atoms with Crippen LogP contribution in [0.5, 0.6) is 11.6 Å². The van der Waals surface area contributed by atoms with Crippen molar-refractivity contribution in [2.24, 2.45) is 0 Å². The lowest BCUT2D eigenvalue weighted by atomic mass is 10.3. The largest absolute Gasteiger partial charge is 0.438 e.